The molecule has 0 radical (unpaired) electrons. The van der Waals surface area contributed by atoms with E-state index in [4.69, 9.17) is 4.74 Å². The highest BCUT2D eigenvalue weighted by molar-refractivity contribution is 5.96. The highest BCUT2D eigenvalue weighted by Crippen LogP contribution is 2.24. The van der Waals surface area contributed by atoms with Gasteiger partial charge < -0.3 is 9.30 Å². The first-order valence-electron chi connectivity index (χ1n) is 6.76. The summed E-state index contributed by atoms with van der Waals surface area (Å²) in [6, 6.07) is 5.17. The summed E-state index contributed by atoms with van der Waals surface area (Å²) in [5.41, 5.74) is 1.41. The number of aromatic nitrogens is 1. The van der Waals surface area contributed by atoms with Crippen LogP contribution < -0.4 is 5.56 Å². The Labute approximate surface area is 118 Å². The maximum Gasteiger partial charge on any atom is 0.338 e. The number of carbonyl (C=O) groups excluding carboxylic acids is 1. The number of pyridine rings is 1. The smallest absolute Gasteiger partial charge is 0.338 e. The van der Waals surface area contributed by atoms with E-state index in [1.165, 1.54) is 0 Å². The van der Waals surface area contributed by atoms with E-state index < -0.39 is 5.97 Å². The van der Waals surface area contributed by atoms with Crippen molar-refractivity contribution >= 4 is 16.7 Å². The van der Waals surface area contributed by atoms with Gasteiger partial charge in [0.2, 0.25) is 0 Å². The molecule has 0 aliphatic carbocycles. The van der Waals surface area contributed by atoms with Crippen molar-refractivity contribution in [2.24, 2.45) is 7.05 Å². The predicted molar refractivity (Wildman–Crippen MR) is 79.2 cm³/mol. The van der Waals surface area contributed by atoms with Crippen LogP contribution in [0, 0.1) is 0 Å². The molecule has 0 N–H and O–H groups in total. The van der Waals surface area contributed by atoms with Gasteiger partial charge in [0.25, 0.3) is 5.56 Å². The molecule has 0 aliphatic heterocycles. The van der Waals surface area contributed by atoms with E-state index in [9.17, 15) is 9.59 Å². The number of carbonyl (C=O) groups is 1. The van der Waals surface area contributed by atoms with E-state index in [2.05, 4.69) is 13.8 Å². The maximum atomic E-state index is 12.2. The molecule has 4 nitrogen and oxygen atoms in total. The highest BCUT2D eigenvalue weighted by atomic mass is 16.5. The minimum atomic E-state index is -0.397. The molecule has 0 unspecified atom stereocenters. The monoisotopic (exact) mass is 273 g/mol. The summed E-state index contributed by atoms with van der Waals surface area (Å²) in [5, 5.41) is 1.46. The molecule has 2 aromatic rings. The van der Waals surface area contributed by atoms with Crippen LogP contribution in [0.15, 0.2) is 29.2 Å². The Hall–Kier alpha value is -2.10. The Morgan fingerprint density at radius 2 is 2.00 bits per heavy atom. The van der Waals surface area contributed by atoms with E-state index in [0.717, 1.165) is 10.9 Å². The zero-order valence-corrected chi connectivity index (χ0v) is 12.3. The second-order valence-electron chi connectivity index (χ2n) is 5.14. The van der Waals surface area contributed by atoms with Crippen LogP contribution in [0.5, 0.6) is 0 Å². The molecule has 0 atom stereocenters. The third-order valence-corrected chi connectivity index (χ3v) is 3.35. The Morgan fingerprint density at radius 3 is 2.60 bits per heavy atom. The number of esters is 1. The van der Waals surface area contributed by atoms with Crippen LogP contribution in [0.25, 0.3) is 10.8 Å². The number of ether oxygens (including phenoxy) is 1. The molecule has 0 bridgehead atoms. The zero-order chi connectivity index (χ0) is 14.9. The third-order valence-electron chi connectivity index (χ3n) is 3.35. The topological polar surface area (TPSA) is 48.3 Å². The van der Waals surface area contributed by atoms with Gasteiger partial charge in [0.1, 0.15) is 0 Å². The number of fused-ring (bicyclic) bond motifs is 1. The molecule has 1 aromatic heterocycles. The van der Waals surface area contributed by atoms with Crippen molar-refractivity contribution in [3.8, 4) is 0 Å². The fourth-order valence-electron chi connectivity index (χ4n) is 2.30. The van der Waals surface area contributed by atoms with E-state index in [0.29, 0.717) is 23.5 Å². The Kier molecular flexibility index (Phi) is 3.93. The lowest BCUT2D eigenvalue weighted by Gasteiger charge is -2.13. The van der Waals surface area contributed by atoms with Gasteiger partial charge in [0, 0.05) is 18.6 Å². The summed E-state index contributed by atoms with van der Waals surface area (Å²) < 4.78 is 6.54. The summed E-state index contributed by atoms with van der Waals surface area (Å²) in [6.07, 6.45) is 1.86. The van der Waals surface area contributed by atoms with Crippen LogP contribution in [0.2, 0.25) is 0 Å². The molecule has 4 heteroatoms. The second-order valence-corrected chi connectivity index (χ2v) is 5.14. The first-order chi connectivity index (χ1) is 9.45. The molecule has 20 heavy (non-hydrogen) atoms. The van der Waals surface area contributed by atoms with Crippen molar-refractivity contribution in [2.45, 2.75) is 26.7 Å². The zero-order valence-electron chi connectivity index (χ0n) is 12.3. The molecule has 0 fully saturated rings. The molecular weight excluding hydrogens is 254 g/mol. The summed E-state index contributed by atoms with van der Waals surface area (Å²) in [4.78, 5) is 24.0. The van der Waals surface area contributed by atoms with E-state index >= 15 is 0 Å². The molecule has 106 valence electrons. The van der Waals surface area contributed by atoms with Gasteiger partial charge >= 0.3 is 5.97 Å². The van der Waals surface area contributed by atoms with Gasteiger partial charge in [-0.15, -0.1) is 0 Å². The van der Waals surface area contributed by atoms with Crippen molar-refractivity contribution in [2.75, 3.05) is 6.61 Å². The van der Waals surface area contributed by atoms with Crippen molar-refractivity contribution < 1.29 is 9.53 Å². The van der Waals surface area contributed by atoms with Crippen LogP contribution in [-0.4, -0.2) is 17.1 Å². The lowest BCUT2D eigenvalue weighted by molar-refractivity contribution is 0.0526. The van der Waals surface area contributed by atoms with Crippen LogP contribution in [0.3, 0.4) is 0 Å². The maximum absolute atomic E-state index is 12.2. The summed E-state index contributed by atoms with van der Waals surface area (Å²) in [7, 11) is 1.73. The van der Waals surface area contributed by atoms with E-state index in [1.807, 2.05) is 12.3 Å². The Balaban J connectivity index is 2.71. The fourth-order valence-corrected chi connectivity index (χ4v) is 2.30. The predicted octanol–water partition coefficient (Wildman–Crippen LogP) is 2.84. The van der Waals surface area contributed by atoms with Gasteiger partial charge in [-0.1, -0.05) is 19.9 Å². The van der Waals surface area contributed by atoms with Crippen LogP contribution in [-0.2, 0) is 11.8 Å². The fraction of sp³-hybridized carbons (Fsp3) is 0.375. The molecule has 0 spiro atoms. The Bertz CT molecular complexity index is 713. The number of nitrogens with zero attached hydrogens (tertiary/aromatic N) is 1. The van der Waals surface area contributed by atoms with E-state index in [-0.39, 0.29) is 5.56 Å². The van der Waals surface area contributed by atoms with Crippen molar-refractivity contribution in [3.05, 3.63) is 45.9 Å². The van der Waals surface area contributed by atoms with Gasteiger partial charge in [-0.25, -0.2) is 4.79 Å². The third kappa shape index (κ3) is 2.46. The molecular formula is C16H19NO3. The SMILES string of the molecule is CCOC(=O)c1ccc2c(C(C)C)cn(C)c(=O)c2c1. The van der Waals surface area contributed by atoms with Crippen molar-refractivity contribution in [3.63, 3.8) is 0 Å². The Morgan fingerprint density at radius 1 is 1.30 bits per heavy atom. The molecule has 0 amide bonds. The average Bonchev–Trinajstić information content (AvgIpc) is 2.42. The van der Waals surface area contributed by atoms with Crippen LogP contribution in [0.4, 0.5) is 0 Å². The van der Waals surface area contributed by atoms with Gasteiger partial charge in [0.15, 0.2) is 0 Å². The first-order valence-corrected chi connectivity index (χ1v) is 6.76. The van der Waals surface area contributed by atoms with Crippen LogP contribution in [0.1, 0.15) is 42.6 Å². The molecule has 1 aromatic carbocycles. The average molecular weight is 273 g/mol. The number of benzene rings is 1. The summed E-state index contributed by atoms with van der Waals surface area (Å²) >= 11 is 0. The molecule has 1 heterocycles. The van der Waals surface area contributed by atoms with Gasteiger partial charge in [-0.2, -0.15) is 0 Å². The van der Waals surface area contributed by atoms with Gasteiger partial charge in [-0.3, -0.25) is 4.79 Å². The minimum Gasteiger partial charge on any atom is -0.462 e. The molecule has 0 saturated carbocycles. The normalized spacial score (nSPS) is 11.1. The van der Waals surface area contributed by atoms with E-state index in [1.54, 1.807) is 30.7 Å². The number of hydrogen-bond donors (Lipinski definition) is 0. The summed E-state index contributed by atoms with van der Waals surface area (Å²) in [5.74, 6) is -0.0934. The largest absolute Gasteiger partial charge is 0.462 e. The number of aryl methyl sites for hydroxylation is 1. The standard InChI is InChI=1S/C16H19NO3/c1-5-20-16(19)11-6-7-12-13(8-11)15(18)17(4)9-14(12)10(2)3/h6-10H,5H2,1-4H3. The van der Waals surface area contributed by atoms with Gasteiger partial charge in [0.05, 0.1) is 12.2 Å². The molecule has 2 rings (SSSR count). The first kappa shape index (κ1) is 14.3. The number of hydrogen-bond acceptors (Lipinski definition) is 3. The lowest BCUT2D eigenvalue weighted by Crippen LogP contribution is -2.18. The number of rotatable bonds is 3. The molecule has 0 saturated heterocycles. The lowest BCUT2D eigenvalue weighted by atomic mass is 9.97. The van der Waals surface area contributed by atoms with Gasteiger partial charge in [-0.05, 0) is 35.9 Å². The second kappa shape index (κ2) is 5.49. The minimum absolute atomic E-state index is 0.101. The quantitative estimate of drug-likeness (QED) is 0.808. The molecule has 0 aliphatic rings. The summed E-state index contributed by atoms with van der Waals surface area (Å²) in [6.45, 7) is 6.24. The van der Waals surface area contributed by atoms with Crippen molar-refractivity contribution in [1.29, 1.82) is 0 Å². The highest BCUT2D eigenvalue weighted by Gasteiger charge is 2.13. The van der Waals surface area contributed by atoms with Crippen molar-refractivity contribution in [1.82, 2.24) is 4.57 Å². The van der Waals surface area contributed by atoms with Crippen LogP contribution >= 0.6 is 0 Å².